The Hall–Kier alpha value is -0.990. The van der Waals surface area contributed by atoms with Crippen molar-refractivity contribution in [3.63, 3.8) is 0 Å². The molecular formula is C14H28N2O5S. The molecule has 0 fully saturated rings. The van der Waals surface area contributed by atoms with Crippen molar-refractivity contribution in [2.45, 2.75) is 39.8 Å². The van der Waals surface area contributed by atoms with E-state index in [0.29, 0.717) is 5.94 Å². The summed E-state index contributed by atoms with van der Waals surface area (Å²) in [7, 11) is 1.43. The van der Waals surface area contributed by atoms with Gasteiger partial charge in [-0.3, -0.25) is 4.79 Å². The van der Waals surface area contributed by atoms with Crippen LogP contribution in [0.1, 0.15) is 27.7 Å². The Morgan fingerprint density at radius 2 is 1.95 bits per heavy atom. The van der Waals surface area contributed by atoms with E-state index in [1.807, 2.05) is 6.92 Å². The van der Waals surface area contributed by atoms with Gasteiger partial charge in [-0.15, -0.1) is 11.8 Å². The molecule has 0 spiro atoms. The molecule has 0 radical (unpaired) electrons. The molecule has 22 heavy (non-hydrogen) atoms. The number of aliphatic hydroxyl groups excluding tert-OH is 1. The van der Waals surface area contributed by atoms with Crippen LogP contribution in [-0.2, 0) is 14.3 Å². The molecule has 130 valence electrons. The van der Waals surface area contributed by atoms with E-state index in [4.69, 9.17) is 9.47 Å². The van der Waals surface area contributed by atoms with Crippen LogP contribution in [0.4, 0.5) is 4.79 Å². The zero-order valence-electron chi connectivity index (χ0n) is 14.0. The Morgan fingerprint density at radius 1 is 1.32 bits per heavy atom. The molecule has 2 N–H and O–H groups in total. The molecule has 0 aliphatic carbocycles. The van der Waals surface area contributed by atoms with Crippen molar-refractivity contribution in [1.29, 1.82) is 0 Å². The van der Waals surface area contributed by atoms with Crippen molar-refractivity contribution in [2.24, 2.45) is 5.92 Å². The van der Waals surface area contributed by atoms with Crippen LogP contribution in [0.5, 0.6) is 0 Å². The monoisotopic (exact) mass is 336 g/mol. The van der Waals surface area contributed by atoms with Gasteiger partial charge in [0.25, 0.3) is 5.91 Å². The number of rotatable bonds is 10. The van der Waals surface area contributed by atoms with Crippen molar-refractivity contribution in [1.82, 2.24) is 10.2 Å². The van der Waals surface area contributed by atoms with Crippen LogP contribution in [0.15, 0.2) is 0 Å². The van der Waals surface area contributed by atoms with Gasteiger partial charge in [-0.25, -0.2) is 4.79 Å². The summed E-state index contributed by atoms with van der Waals surface area (Å²) >= 11 is 1.59. The number of nitrogens with one attached hydrogen (secondary N) is 1. The lowest BCUT2D eigenvalue weighted by atomic mass is 10.1. The molecule has 0 bridgehead atoms. The molecule has 0 saturated heterocycles. The van der Waals surface area contributed by atoms with Gasteiger partial charge in [-0.1, -0.05) is 20.8 Å². The Kier molecular flexibility index (Phi) is 11.0. The molecule has 2 amide bonds. The Balaban J connectivity index is 4.90. The molecule has 0 saturated carbocycles. The second-order valence-electron chi connectivity index (χ2n) is 5.10. The summed E-state index contributed by atoms with van der Waals surface area (Å²) in [6.07, 6.45) is -1.58. The van der Waals surface area contributed by atoms with E-state index in [1.54, 1.807) is 32.5 Å². The van der Waals surface area contributed by atoms with Gasteiger partial charge in [0.1, 0.15) is 6.73 Å². The third kappa shape index (κ3) is 7.33. The van der Waals surface area contributed by atoms with Crippen molar-refractivity contribution in [3.05, 3.63) is 0 Å². The standard InChI is InChI=1S/C14H28N2O5S/c1-6-22-9-20-8-16(11(4)7-17)13(18)12(10(2)3)21-14(19)15-5/h10-12,17H,6-9H2,1-5H3,(H,15,19). The second kappa shape index (κ2) is 11.6. The highest BCUT2D eigenvalue weighted by atomic mass is 32.2. The molecule has 2 atom stereocenters. The van der Waals surface area contributed by atoms with Crippen LogP contribution in [-0.4, -0.2) is 66.2 Å². The first-order valence-corrected chi connectivity index (χ1v) is 8.49. The average molecular weight is 336 g/mol. The number of nitrogens with zero attached hydrogens (tertiary/aromatic N) is 1. The molecule has 0 aliphatic heterocycles. The lowest BCUT2D eigenvalue weighted by Gasteiger charge is -2.32. The third-order valence-electron chi connectivity index (χ3n) is 2.97. The molecule has 0 heterocycles. The Labute approximate surface area is 136 Å². The first-order valence-electron chi connectivity index (χ1n) is 7.34. The van der Waals surface area contributed by atoms with Crippen molar-refractivity contribution in [2.75, 3.05) is 32.1 Å². The van der Waals surface area contributed by atoms with Crippen LogP contribution in [0.2, 0.25) is 0 Å². The summed E-state index contributed by atoms with van der Waals surface area (Å²) in [5.41, 5.74) is 0. The fraction of sp³-hybridized carbons (Fsp3) is 0.857. The van der Waals surface area contributed by atoms with E-state index in [2.05, 4.69) is 5.32 Å². The van der Waals surface area contributed by atoms with Crippen molar-refractivity contribution < 1.29 is 24.2 Å². The summed E-state index contributed by atoms with van der Waals surface area (Å²) in [5.74, 6) is 0.809. The lowest BCUT2D eigenvalue weighted by Crippen LogP contribution is -2.50. The highest BCUT2D eigenvalue weighted by Crippen LogP contribution is 2.14. The minimum atomic E-state index is -0.920. The maximum atomic E-state index is 12.6. The lowest BCUT2D eigenvalue weighted by molar-refractivity contribution is -0.151. The summed E-state index contributed by atoms with van der Waals surface area (Å²) in [4.78, 5) is 25.4. The normalized spacial score (nSPS) is 13.6. The van der Waals surface area contributed by atoms with Crippen LogP contribution in [0.3, 0.4) is 0 Å². The number of carbonyl (C=O) groups excluding carboxylic acids is 2. The van der Waals surface area contributed by atoms with Crippen molar-refractivity contribution in [3.8, 4) is 0 Å². The van der Waals surface area contributed by atoms with Crippen LogP contribution in [0, 0.1) is 5.92 Å². The fourth-order valence-corrected chi connectivity index (χ4v) is 1.95. The van der Waals surface area contributed by atoms with Crippen LogP contribution in [0.25, 0.3) is 0 Å². The largest absolute Gasteiger partial charge is 0.436 e. The maximum Gasteiger partial charge on any atom is 0.407 e. The highest BCUT2D eigenvalue weighted by molar-refractivity contribution is 7.99. The first-order chi connectivity index (χ1) is 10.4. The number of carbonyl (C=O) groups is 2. The molecular weight excluding hydrogens is 308 g/mol. The number of thioether (sulfide) groups is 1. The van der Waals surface area contributed by atoms with Gasteiger partial charge in [0.15, 0.2) is 6.10 Å². The van der Waals surface area contributed by atoms with E-state index in [-0.39, 0.29) is 25.2 Å². The zero-order chi connectivity index (χ0) is 17.1. The van der Waals surface area contributed by atoms with Crippen LogP contribution < -0.4 is 5.32 Å². The van der Waals surface area contributed by atoms with Gasteiger partial charge >= 0.3 is 6.09 Å². The average Bonchev–Trinajstić information content (AvgIpc) is 2.50. The molecule has 8 heteroatoms. The minimum absolute atomic E-state index is 0.0495. The van der Waals surface area contributed by atoms with E-state index in [0.717, 1.165) is 5.75 Å². The summed E-state index contributed by atoms with van der Waals surface area (Å²) in [6.45, 7) is 7.17. The molecule has 0 aromatic carbocycles. The van der Waals surface area contributed by atoms with Gasteiger partial charge in [-0.05, 0) is 18.6 Å². The van der Waals surface area contributed by atoms with E-state index < -0.39 is 18.2 Å². The number of hydrogen-bond donors (Lipinski definition) is 2. The van der Waals surface area contributed by atoms with E-state index in [9.17, 15) is 14.7 Å². The molecule has 0 aliphatic rings. The summed E-state index contributed by atoms with van der Waals surface area (Å²) < 4.78 is 10.6. The number of aliphatic hydroxyl groups is 1. The van der Waals surface area contributed by atoms with Gasteiger partial charge in [0.05, 0.1) is 18.6 Å². The van der Waals surface area contributed by atoms with Crippen molar-refractivity contribution >= 4 is 23.8 Å². The molecule has 0 aromatic rings. The third-order valence-corrected chi connectivity index (χ3v) is 3.71. The molecule has 0 rings (SSSR count). The quantitative estimate of drug-likeness (QED) is 0.461. The smallest absolute Gasteiger partial charge is 0.407 e. The molecule has 2 unspecified atom stereocenters. The topological polar surface area (TPSA) is 88.1 Å². The first kappa shape index (κ1) is 21.0. The predicted molar refractivity (Wildman–Crippen MR) is 86.5 cm³/mol. The number of ether oxygens (including phenoxy) is 2. The van der Waals surface area contributed by atoms with Gasteiger partial charge < -0.3 is 24.8 Å². The number of hydrogen-bond acceptors (Lipinski definition) is 6. The van der Waals surface area contributed by atoms with Gasteiger partial charge in [0, 0.05) is 7.05 Å². The SMILES string of the molecule is CCSCOCN(C(=O)C(OC(=O)NC)C(C)C)C(C)CO. The Morgan fingerprint density at radius 3 is 2.41 bits per heavy atom. The van der Waals surface area contributed by atoms with E-state index in [1.165, 1.54) is 11.9 Å². The summed E-state index contributed by atoms with van der Waals surface area (Å²) in [5, 5.41) is 11.7. The van der Waals surface area contributed by atoms with E-state index >= 15 is 0 Å². The zero-order valence-corrected chi connectivity index (χ0v) is 14.8. The summed E-state index contributed by atoms with van der Waals surface area (Å²) in [6, 6.07) is -0.423. The molecule has 0 aromatic heterocycles. The fourth-order valence-electron chi connectivity index (χ4n) is 1.59. The van der Waals surface area contributed by atoms with Gasteiger partial charge in [0.2, 0.25) is 0 Å². The number of alkyl carbamates (subject to hydrolysis) is 1. The highest BCUT2D eigenvalue weighted by Gasteiger charge is 2.32. The van der Waals surface area contributed by atoms with Gasteiger partial charge in [-0.2, -0.15) is 0 Å². The van der Waals surface area contributed by atoms with Crippen LogP contribution >= 0.6 is 11.8 Å². The maximum absolute atomic E-state index is 12.6. The predicted octanol–water partition coefficient (Wildman–Crippen LogP) is 1.26. The number of amides is 2. The minimum Gasteiger partial charge on any atom is -0.436 e. The second-order valence-corrected chi connectivity index (χ2v) is 6.32. The molecule has 7 nitrogen and oxygen atoms in total. The Bertz CT molecular complexity index is 341.